The number of hydrogen-bond donors (Lipinski definition) is 1. The van der Waals surface area contributed by atoms with E-state index in [1.165, 1.54) is 8.61 Å². The molecule has 1 amide bonds. The van der Waals surface area contributed by atoms with Crippen molar-refractivity contribution >= 4 is 21.8 Å². The molecule has 0 aliphatic carbocycles. The number of rotatable bonds is 8. The molecule has 2 aromatic carbocycles. The van der Waals surface area contributed by atoms with E-state index < -0.39 is 10.2 Å². The van der Waals surface area contributed by atoms with Crippen LogP contribution in [0, 0.1) is 5.92 Å². The molecule has 0 radical (unpaired) electrons. The summed E-state index contributed by atoms with van der Waals surface area (Å²) in [6, 6.07) is 16.6. The molecule has 1 atom stereocenters. The van der Waals surface area contributed by atoms with Crippen LogP contribution in [0.3, 0.4) is 0 Å². The number of amides is 1. The summed E-state index contributed by atoms with van der Waals surface area (Å²) >= 11 is 0. The van der Waals surface area contributed by atoms with Crippen molar-refractivity contribution in [3.63, 3.8) is 0 Å². The molecular weight excluding hydrogens is 402 g/mol. The highest BCUT2D eigenvalue weighted by Gasteiger charge is 2.35. The van der Waals surface area contributed by atoms with Crippen LogP contribution < -0.4 is 14.4 Å². The van der Waals surface area contributed by atoms with Crippen LogP contribution in [0.25, 0.3) is 0 Å². The zero-order chi connectivity index (χ0) is 21.6. The lowest BCUT2D eigenvalue weighted by atomic mass is 9.98. The van der Waals surface area contributed by atoms with Crippen LogP contribution in [-0.2, 0) is 21.5 Å². The number of methoxy groups -OCH3 is 1. The van der Waals surface area contributed by atoms with Crippen LogP contribution in [0.15, 0.2) is 54.6 Å². The molecule has 0 aromatic heterocycles. The molecule has 7 nitrogen and oxygen atoms in total. The predicted molar refractivity (Wildman–Crippen MR) is 118 cm³/mol. The Hall–Kier alpha value is -2.58. The van der Waals surface area contributed by atoms with Gasteiger partial charge in [0.05, 0.1) is 18.7 Å². The van der Waals surface area contributed by atoms with Crippen molar-refractivity contribution in [1.29, 1.82) is 0 Å². The van der Waals surface area contributed by atoms with Gasteiger partial charge in [0.25, 0.3) is 0 Å². The molecule has 0 saturated carbocycles. The number of carbonyl (C=O) groups excluding carboxylic acids is 1. The zero-order valence-corrected chi connectivity index (χ0v) is 18.3. The maximum Gasteiger partial charge on any atom is 0.304 e. The molecule has 8 heteroatoms. The molecule has 1 saturated heterocycles. The number of piperidine rings is 1. The van der Waals surface area contributed by atoms with E-state index in [0.717, 1.165) is 5.56 Å². The third-order valence-electron chi connectivity index (χ3n) is 5.34. The number of ether oxygens (including phenoxy) is 1. The Morgan fingerprint density at radius 1 is 1.17 bits per heavy atom. The number of anilines is 1. The molecule has 3 rings (SSSR count). The quantitative estimate of drug-likeness (QED) is 0.697. The first-order valence-electron chi connectivity index (χ1n) is 10.2. The molecule has 30 heavy (non-hydrogen) atoms. The van der Waals surface area contributed by atoms with E-state index in [9.17, 15) is 13.2 Å². The van der Waals surface area contributed by atoms with Gasteiger partial charge in [-0.3, -0.25) is 9.10 Å². The molecule has 0 spiro atoms. The Labute approximate surface area is 178 Å². The SMILES string of the molecule is CCN(c1ccccc1)S(=O)(=O)N1CCCC(C(=O)NCc2ccccc2OC)C1. The largest absolute Gasteiger partial charge is 0.496 e. The molecule has 1 N–H and O–H groups in total. The van der Waals surface area contributed by atoms with Crippen LogP contribution in [0.2, 0.25) is 0 Å². The van der Waals surface area contributed by atoms with Gasteiger partial charge >= 0.3 is 10.2 Å². The first-order valence-corrected chi connectivity index (χ1v) is 11.6. The monoisotopic (exact) mass is 431 g/mol. The number of nitrogens with one attached hydrogen (secondary N) is 1. The van der Waals surface area contributed by atoms with Crippen molar-refractivity contribution in [2.24, 2.45) is 5.92 Å². The fourth-order valence-corrected chi connectivity index (χ4v) is 5.48. The number of hydrogen-bond acceptors (Lipinski definition) is 4. The molecular formula is C22H29N3O4S. The summed E-state index contributed by atoms with van der Waals surface area (Å²) in [6.45, 7) is 3.09. The van der Waals surface area contributed by atoms with Crippen molar-refractivity contribution in [3.05, 3.63) is 60.2 Å². The summed E-state index contributed by atoms with van der Waals surface area (Å²) in [5.74, 6) is 0.202. The van der Waals surface area contributed by atoms with Crippen LogP contribution in [0.1, 0.15) is 25.3 Å². The smallest absolute Gasteiger partial charge is 0.304 e. The van der Waals surface area contributed by atoms with Gasteiger partial charge in [-0.2, -0.15) is 12.7 Å². The summed E-state index contributed by atoms with van der Waals surface area (Å²) in [7, 11) is -2.11. The number of para-hydroxylation sites is 2. The van der Waals surface area contributed by atoms with Gasteiger partial charge in [-0.1, -0.05) is 36.4 Å². The molecule has 1 aliphatic rings. The van der Waals surface area contributed by atoms with Gasteiger partial charge in [0.2, 0.25) is 5.91 Å². The molecule has 0 bridgehead atoms. The van der Waals surface area contributed by atoms with E-state index in [4.69, 9.17) is 4.74 Å². The van der Waals surface area contributed by atoms with E-state index in [0.29, 0.717) is 43.9 Å². The Morgan fingerprint density at radius 3 is 2.57 bits per heavy atom. The summed E-state index contributed by atoms with van der Waals surface area (Å²) in [5.41, 5.74) is 1.51. The maximum absolute atomic E-state index is 13.3. The highest BCUT2D eigenvalue weighted by Crippen LogP contribution is 2.25. The third-order valence-corrected chi connectivity index (χ3v) is 7.35. The van der Waals surface area contributed by atoms with Crippen molar-refractivity contribution in [2.45, 2.75) is 26.3 Å². The van der Waals surface area contributed by atoms with Gasteiger partial charge in [-0.05, 0) is 38.0 Å². The number of carbonyl (C=O) groups is 1. The minimum absolute atomic E-state index is 0.136. The molecule has 1 aliphatic heterocycles. The van der Waals surface area contributed by atoms with Crippen molar-refractivity contribution < 1.29 is 17.9 Å². The van der Waals surface area contributed by atoms with Gasteiger partial charge in [-0.15, -0.1) is 0 Å². The fourth-order valence-electron chi connectivity index (χ4n) is 3.75. The van der Waals surface area contributed by atoms with Crippen LogP contribution in [0.5, 0.6) is 5.75 Å². The molecule has 1 unspecified atom stereocenters. The van der Waals surface area contributed by atoms with E-state index in [1.807, 2.05) is 49.4 Å². The molecule has 1 fully saturated rings. The van der Waals surface area contributed by atoms with E-state index in [2.05, 4.69) is 5.32 Å². The highest BCUT2D eigenvalue weighted by molar-refractivity contribution is 7.90. The zero-order valence-electron chi connectivity index (χ0n) is 17.5. The Balaban J connectivity index is 1.67. The average Bonchev–Trinajstić information content (AvgIpc) is 2.78. The van der Waals surface area contributed by atoms with Crippen molar-refractivity contribution in [3.8, 4) is 5.75 Å². The normalized spacial score (nSPS) is 17.3. The van der Waals surface area contributed by atoms with Gasteiger partial charge in [0.15, 0.2) is 0 Å². The van der Waals surface area contributed by atoms with Crippen molar-refractivity contribution in [1.82, 2.24) is 9.62 Å². The summed E-state index contributed by atoms with van der Waals surface area (Å²) < 4.78 is 34.6. The maximum atomic E-state index is 13.3. The van der Waals surface area contributed by atoms with E-state index in [-0.39, 0.29) is 18.4 Å². The predicted octanol–water partition coefficient (Wildman–Crippen LogP) is 2.79. The van der Waals surface area contributed by atoms with Crippen molar-refractivity contribution in [2.75, 3.05) is 31.0 Å². The second kappa shape index (κ2) is 9.95. The number of benzene rings is 2. The molecule has 2 aromatic rings. The Morgan fingerprint density at radius 2 is 1.87 bits per heavy atom. The van der Waals surface area contributed by atoms with Gasteiger partial charge in [0, 0.05) is 31.7 Å². The average molecular weight is 432 g/mol. The summed E-state index contributed by atoms with van der Waals surface area (Å²) in [6.07, 6.45) is 1.32. The fraction of sp³-hybridized carbons (Fsp3) is 0.409. The second-order valence-corrected chi connectivity index (χ2v) is 9.09. The lowest BCUT2D eigenvalue weighted by Gasteiger charge is -2.35. The van der Waals surface area contributed by atoms with Gasteiger partial charge < -0.3 is 10.1 Å². The second-order valence-electron chi connectivity index (χ2n) is 7.23. The van der Waals surface area contributed by atoms with Crippen LogP contribution in [-0.4, -0.2) is 45.4 Å². The highest BCUT2D eigenvalue weighted by atomic mass is 32.2. The van der Waals surface area contributed by atoms with Crippen LogP contribution >= 0.6 is 0 Å². The lowest BCUT2D eigenvalue weighted by Crippen LogP contribution is -2.50. The third kappa shape index (κ3) is 4.94. The van der Waals surface area contributed by atoms with Gasteiger partial charge in [-0.25, -0.2) is 0 Å². The molecule has 162 valence electrons. The van der Waals surface area contributed by atoms with E-state index in [1.54, 1.807) is 19.2 Å². The van der Waals surface area contributed by atoms with Crippen LogP contribution in [0.4, 0.5) is 5.69 Å². The number of nitrogens with zero attached hydrogens (tertiary/aromatic N) is 2. The summed E-state index contributed by atoms with van der Waals surface area (Å²) in [4.78, 5) is 12.8. The minimum Gasteiger partial charge on any atom is -0.496 e. The van der Waals surface area contributed by atoms with E-state index >= 15 is 0 Å². The molecule has 1 heterocycles. The Kier molecular flexibility index (Phi) is 7.33. The first kappa shape index (κ1) is 22.1. The first-order chi connectivity index (χ1) is 14.5. The summed E-state index contributed by atoms with van der Waals surface area (Å²) in [5, 5.41) is 2.94. The minimum atomic E-state index is -3.70. The lowest BCUT2D eigenvalue weighted by molar-refractivity contribution is -0.126. The standard InChI is InChI=1S/C22H29N3O4S/c1-3-25(20-12-5-4-6-13-20)30(27,28)24-15-9-11-19(17-24)22(26)23-16-18-10-7-8-14-21(18)29-2/h4-8,10,12-14,19H,3,9,11,15-17H2,1-2H3,(H,23,26). The van der Waals surface area contributed by atoms with Gasteiger partial charge in [0.1, 0.15) is 5.75 Å². The topological polar surface area (TPSA) is 79.0 Å². The Bertz CT molecular complexity index is 950.